The van der Waals surface area contributed by atoms with E-state index in [-0.39, 0.29) is 29.8 Å². The van der Waals surface area contributed by atoms with Gasteiger partial charge in [-0.3, -0.25) is 9.78 Å². The molecular weight excluding hydrogens is 453 g/mol. The Bertz CT molecular complexity index is 1050. The molecule has 7 heteroatoms. The number of hydrogen-bond acceptors (Lipinski definition) is 4. The van der Waals surface area contributed by atoms with Gasteiger partial charge in [0, 0.05) is 24.0 Å². The summed E-state index contributed by atoms with van der Waals surface area (Å²) in [5.41, 5.74) is 3.72. The summed E-state index contributed by atoms with van der Waals surface area (Å²) in [6, 6.07) is 17.1. The van der Waals surface area contributed by atoms with Crippen LogP contribution in [0.3, 0.4) is 0 Å². The normalized spacial score (nSPS) is 9.85. The van der Waals surface area contributed by atoms with Gasteiger partial charge in [0.25, 0.3) is 0 Å². The highest BCUT2D eigenvalue weighted by Crippen LogP contribution is 2.25. The van der Waals surface area contributed by atoms with Crippen LogP contribution in [0.2, 0.25) is 0 Å². The van der Waals surface area contributed by atoms with Crippen molar-refractivity contribution in [3.8, 4) is 11.4 Å². The minimum atomic E-state index is -0.000457. The van der Waals surface area contributed by atoms with Crippen LogP contribution in [0.25, 0.3) is 16.9 Å². The number of halogens is 1. The van der Waals surface area contributed by atoms with Crippen molar-refractivity contribution in [2.45, 2.75) is 13.8 Å². The van der Waals surface area contributed by atoms with Gasteiger partial charge in [0.15, 0.2) is 18.2 Å². The molecule has 4 aromatic rings. The first-order valence-electron chi connectivity index (χ1n) is 8.20. The molecule has 0 saturated carbocycles. The molecule has 4 rings (SSSR count). The van der Waals surface area contributed by atoms with E-state index in [1.807, 2.05) is 67.7 Å². The van der Waals surface area contributed by atoms with Crippen LogP contribution in [0.5, 0.6) is 0 Å². The van der Waals surface area contributed by atoms with Gasteiger partial charge in [-0.1, -0.05) is 22.9 Å². The zero-order valence-corrected chi connectivity index (χ0v) is 17.2. The number of nitrogen functional groups attached to an aromatic ring is 1. The Morgan fingerprint density at radius 1 is 1.04 bits per heavy atom. The molecule has 0 amide bonds. The number of Topliss-reactive ketones (excluding diaryl/α,β-unsaturated/α-hetero) is 1. The Labute approximate surface area is 174 Å². The third kappa shape index (κ3) is 4.88. The van der Waals surface area contributed by atoms with Crippen LogP contribution in [0, 0.1) is 6.92 Å². The second kappa shape index (κ2) is 9.22. The van der Waals surface area contributed by atoms with E-state index in [1.54, 1.807) is 23.8 Å². The van der Waals surface area contributed by atoms with Crippen LogP contribution in [-0.2, 0) is 0 Å². The van der Waals surface area contributed by atoms with Gasteiger partial charge in [-0.25, -0.2) is 10.4 Å². The van der Waals surface area contributed by atoms with Crippen molar-refractivity contribution in [1.82, 2.24) is 14.6 Å². The standard InChI is InChI=1S/C15H13N3O.C5H7N2.HI/c1-10-6-5-7-12(16-10)15-14(11(2)19)13-8-3-4-9-18(13)17-15;6-7-4-2-1-3-5-7;/h3-9H,1-2H3;1-5H,6H2;1H/q;+1;/p-1. The van der Waals surface area contributed by atoms with Crippen LogP contribution in [0.1, 0.15) is 23.0 Å². The summed E-state index contributed by atoms with van der Waals surface area (Å²) in [6.45, 7) is 3.48. The van der Waals surface area contributed by atoms with Crippen molar-refractivity contribution in [1.29, 1.82) is 0 Å². The van der Waals surface area contributed by atoms with Gasteiger partial charge in [-0.05, 0) is 38.1 Å². The van der Waals surface area contributed by atoms with Gasteiger partial charge in [0.05, 0.1) is 16.8 Å². The van der Waals surface area contributed by atoms with Gasteiger partial charge in [0.1, 0.15) is 5.69 Å². The van der Waals surface area contributed by atoms with Crippen molar-refractivity contribution in [3.05, 3.63) is 84.4 Å². The molecule has 4 heterocycles. The van der Waals surface area contributed by atoms with Gasteiger partial charge < -0.3 is 24.0 Å². The molecule has 0 saturated heterocycles. The molecule has 0 fully saturated rings. The molecule has 4 aromatic heterocycles. The molecule has 0 radical (unpaired) electrons. The third-order valence-corrected chi connectivity index (χ3v) is 3.76. The fourth-order valence-corrected chi connectivity index (χ4v) is 2.61. The molecule has 0 bridgehead atoms. The number of carbonyl (C=O) groups is 1. The van der Waals surface area contributed by atoms with Crippen LogP contribution in [-0.4, -0.2) is 20.4 Å². The lowest BCUT2D eigenvalue weighted by atomic mass is 10.1. The minimum absolute atomic E-state index is 0. The average molecular weight is 473 g/mol. The second-order valence-electron chi connectivity index (χ2n) is 5.80. The highest BCUT2D eigenvalue weighted by molar-refractivity contribution is 6.06. The summed E-state index contributed by atoms with van der Waals surface area (Å²) in [5.74, 6) is 5.27. The Hall–Kier alpha value is -2.81. The number of nitrogens with zero attached hydrogens (tertiary/aromatic N) is 4. The van der Waals surface area contributed by atoms with Crippen LogP contribution in [0.15, 0.2) is 73.2 Å². The second-order valence-corrected chi connectivity index (χ2v) is 5.80. The van der Waals surface area contributed by atoms with Crippen molar-refractivity contribution in [3.63, 3.8) is 0 Å². The van der Waals surface area contributed by atoms with Crippen molar-refractivity contribution in [2.75, 3.05) is 5.84 Å². The zero-order chi connectivity index (χ0) is 18.5. The highest BCUT2D eigenvalue weighted by atomic mass is 127. The average Bonchev–Trinajstić information content (AvgIpc) is 3.03. The molecule has 0 aromatic carbocycles. The SMILES string of the molecule is CC(=O)c1c(-c2cccc(C)n2)nn2ccccc12.N[n+]1ccccc1.[I-]. The number of fused-ring (bicyclic) bond motifs is 1. The molecule has 138 valence electrons. The third-order valence-electron chi connectivity index (χ3n) is 3.76. The van der Waals surface area contributed by atoms with E-state index >= 15 is 0 Å². The molecule has 0 aliphatic carbocycles. The summed E-state index contributed by atoms with van der Waals surface area (Å²) in [7, 11) is 0. The number of nitrogens with two attached hydrogens (primary N) is 1. The number of carbonyl (C=O) groups excluding carboxylic acids is 1. The first-order chi connectivity index (χ1) is 12.6. The van der Waals surface area contributed by atoms with E-state index in [0.717, 1.165) is 16.9 Å². The van der Waals surface area contributed by atoms with E-state index in [9.17, 15) is 4.79 Å². The summed E-state index contributed by atoms with van der Waals surface area (Å²) in [4.78, 5) is 16.4. The Morgan fingerprint density at radius 2 is 1.78 bits per heavy atom. The maximum atomic E-state index is 11.9. The molecule has 0 spiro atoms. The molecule has 0 atom stereocenters. The first-order valence-corrected chi connectivity index (χ1v) is 8.20. The summed E-state index contributed by atoms with van der Waals surface area (Å²) in [5, 5.41) is 4.48. The maximum Gasteiger partial charge on any atom is 0.199 e. The molecule has 0 aliphatic rings. The molecule has 0 unspecified atom stereocenters. The molecule has 27 heavy (non-hydrogen) atoms. The number of rotatable bonds is 2. The predicted molar refractivity (Wildman–Crippen MR) is 100.0 cm³/mol. The molecule has 2 N–H and O–H groups in total. The van der Waals surface area contributed by atoms with Gasteiger partial charge >= 0.3 is 0 Å². The molecule has 6 nitrogen and oxygen atoms in total. The monoisotopic (exact) mass is 473 g/mol. The van der Waals surface area contributed by atoms with E-state index in [2.05, 4.69) is 10.1 Å². The number of aromatic nitrogens is 4. The largest absolute Gasteiger partial charge is 1.00 e. The number of hydrogen-bond donors (Lipinski definition) is 1. The van der Waals surface area contributed by atoms with Crippen molar-refractivity contribution in [2.24, 2.45) is 0 Å². The number of ketones is 1. The Kier molecular flexibility index (Phi) is 7.00. The van der Waals surface area contributed by atoms with Crippen LogP contribution < -0.4 is 34.5 Å². The lowest BCUT2D eigenvalue weighted by molar-refractivity contribution is -0.638. The Morgan fingerprint density at radius 3 is 2.37 bits per heavy atom. The predicted octanol–water partition coefficient (Wildman–Crippen LogP) is -0.401. The summed E-state index contributed by atoms with van der Waals surface area (Å²) >= 11 is 0. The summed E-state index contributed by atoms with van der Waals surface area (Å²) < 4.78 is 3.22. The quantitative estimate of drug-likeness (QED) is 0.186. The highest BCUT2D eigenvalue weighted by Gasteiger charge is 2.18. The van der Waals surface area contributed by atoms with Crippen molar-refractivity contribution >= 4 is 11.3 Å². The van der Waals surface area contributed by atoms with E-state index in [1.165, 1.54) is 4.68 Å². The molecule has 0 aliphatic heterocycles. The topological polar surface area (TPSA) is 77.2 Å². The van der Waals surface area contributed by atoms with Gasteiger partial charge in [0.2, 0.25) is 0 Å². The lowest BCUT2D eigenvalue weighted by Crippen LogP contribution is -3.00. The van der Waals surface area contributed by atoms with Crippen molar-refractivity contribution < 1.29 is 33.4 Å². The number of aryl methyl sites for hydroxylation is 1. The Balaban J connectivity index is 0.000000278. The zero-order valence-electron chi connectivity index (χ0n) is 15.1. The van der Waals surface area contributed by atoms with E-state index in [0.29, 0.717) is 11.3 Å². The smallest absolute Gasteiger partial charge is 0.199 e. The fraction of sp³-hybridized carbons (Fsp3) is 0.100. The minimum Gasteiger partial charge on any atom is -1.00 e. The fourth-order valence-electron chi connectivity index (χ4n) is 2.61. The van der Waals surface area contributed by atoms with Gasteiger partial charge in [-0.2, -0.15) is 5.10 Å². The van der Waals surface area contributed by atoms with Crippen LogP contribution in [0.4, 0.5) is 0 Å². The van der Waals surface area contributed by atoms with E-state index in [4.69, 9.17) is 5.84 Å². The molecular formula is C20H20IN5O. The first kappa shape index (κ1) is 20.5. The lowest BCUT2D eigenvalue weighted by Gasteiger charge is -2.00. The number of pyridine rings is 3. The van der Waals surface area contributed by atoms with Gasteiger partial charge in [-0.15, -0.1) is 0 Å². The summed E-state index contributed by atoms with van der Waals surface area (Å²) in [6.07, 6.45) is 5.39. The van der Waals surface area contributed by atoms with E-state index < -0.39 is 0 Å². The van der Waals surface area contributed by atoms with Crippen LogP contribution >= 0.6 is 0 Å². The maximum absolute atomic E-state index is 11.9.